The average molecular weight is 476 g/mol. The highest BCUT2D eigenvalue weighted by Crippen LogP contribution is 2.25. The maximum atomic E-state index is 13.0. The van der Waals surface area contributed by atoms with E-state index in [1.54, 1.807) is 72.8 Å². The van der Waals surface area contributed by atoms with E-state index in [0.29, 0.717) is 38.2 Å². The second kappa shape index (κ2) is 10.3. The van der Waals surface area contributed by atoms with Gasteiger partial charge in [0.25, 0.3) is 5.91 Å². The summed E-state index contributed by atoms with van der Waals surface area (Å²) in [6, 6.07) is 27.8. The topological polar surface area (TPSA) is 55.4 Å². The zero-order valence-electron chi connectivity index (χ0n) is 17.4. The molecule has 0 aromatic heterocycles. The normalized spacial score (nSPS) is 10.5. The van der Waals surface area contributed by atoms with E-state index in [4.69, 9.17) is 27.9 Å². The van der Waals surface area contributed by atoms with Crippen molar-refractivity contribution in [2.75, 3.05) is 5.32 Å². The quantitative estimate of drug-likeness (QED) is 0.291. The first kappa shape index (κ1) is 22.6. The van der Waals surface area contributed by atoms with E-state index in [0.717, 1.165) is 5.56 Å². The van der Waals surface area contributed by atoms with Crippen molar-refractivity contribution in [2.45, 2.75) is 6.61 Å². The minimum Gasteiger partial charge on any atom is -0.489 e. The molecule has 4 aromatic carbocycles. The maximum absolute atomic E-state index is 13.0. The Morgan fingerprint density at radius 3 is 2.27 bits per heavy atom. The molecule has 0 spiro atoms. The molecule has 4 aromatic rings. The highest BCUT2D eigenvalue weighted by Gasteiger charge is 2.17. The number of benzene rings is 4. The number of hydrogen-bond acceptors (Lipinski definition) is 3. The van der Waals surface area contributed by atoms with Crippen LogP contribution in [0.15, 0.2) is 97.1 Å². The van der Waals surface area contributed by atoms with Gasteiger partial charge in [0.05, 0.1) is 5.69 Å². The van der Waals surface area contributed by atoms with Crippen molar-refractivity contribution >= 4 is 40.6 Å². The summed E-state index contributed by atoms with van der Waals surface area (Å²) in [5.74, 6) is -0.0767. The molecule has 0 unspecified atom stereocenters. The molecule has 0 saturated carbocycles. The monoisotopic (exact) mass is 475 g/mol. The first-order valence-electron chi connectivity index (χ1n) is 10.2. The molecular formula is C27H19Cl2NO3. The van der Waals surface area contributed by atoms with Gasteiger partial charge in [0.15, 0.2) is 5.78 Å². The predicted octanol–water partition coefficient (Wildman–Crippen LogP) is 7.06. The van der Waals surface area contributed by atoms with Crippen LogP contribution in [-0.2, 0) is 6.61 Å². The molecule has 0 aliphatic heterocycles. The number of ether oxygens (including phenoxy) is 1. The third-order valence-electron chi connectivity index (χ3n) is 4.96. The van der Waals surface area contributed by atoms with Crippen molar-refractivity contribution in [1.29, 1.82) is 0 Å². The predicted molar refractivity (Wildman–Crippen MR) is 132 cm³/mol. The molecule has 4 nitrogen and oxygen atoms in total. The van der Waals surface area contributed by atoms with Crippen LogP contribution in [0.25, 0.3) is 0 Å². The molecule has 33 heavy (non-hydrogen) atoms. The number of amides is 1. The zero-order chi connectivity index (χ0) is 23.2. The van der Waals surface area contributed by atoms with E-state index in [-0.39, 0.29) is 18.3 Å². The van der Waals surface area contributed by atoms with Crippen LogP contribution >= 0.6 is 23.2 Å². The van der Waals surface area contributed by atoms with Crippen LogP contribution in [0.2, 0.25) is 10.0 Å². The number of halogens is 2. The van der Waals surface area contributed by atoms with Crippen molar-refractivity contribution in [3.63, 3.8) is 0 Å². The van der Waals surface area contributed by atoms with Crippen molar-refractivity contribution in [1.82, 2.24) is 0 Å². The van der Waals surface area contributed by atoms with Gasteiger partial charge in [-0.05, 0) is 42.5 Å². The first-order chi connectivity index (χ1) is 16.0. The Labute approximate surface area is 201 Å². The van der Waals surface area contributed by atoms with E-state index >= 15 is 0 Å². The zero-order valence-corrected chi connectivity index (χ0v) is 18.9. The Bertz CT molecular complexity index is 1310. The molecule has 0 atom stereocenters. The average Bonchev–Trinajstić information content (AvgIpc) is 2.85. The molecule has 0 aliphatic carbocycles. The highest BCUT2D eigenvalue weighted by molar-refractivity contribution is 6.31. The van der Waals surface area contributed by atoms with Gasteiger partial charge in [0, 0.05) is 32.3 Å². The third kappa shape index (κ3) is 5.61. The molecule has 1 amide bonds. The van der Waals surface area contributed by atoms with Crippen molar-refractivity contribution < 1.29 is 14.3 Å². The van der Waals surface area contributed by atoms with Crippen molar-refractivity contribution in [3.8, 4) is 5.75 Å². The molecule has 4 rings (SSSR count). The van der Waals surface area contributed by atoms with Gasteiger partial charge in [0.1, 0.15) is 12.4 Å². The summed E-state index contributed by atoms with van der Waals surface area (Å²) in [5, 5.41) is 3.84. The van der Waals surface area contributed by atoms with Gasteiger partial charge in [-0.15, -0.1) is 0 Å². The largest absolute Gasteiger partial charge is 0.489 e. The first-order valence-corrected chi connectivity index (χ1v) is 10.9. The van der Waals surface area contributed by atoms with Gasteiger partial charge < -0.3 is 10.1 Å². The number of hydrogen-bond donors (Lipinski definition) is 1. The Balaban J connectivity index is 1.52. The molecule has 1 N–H and O–H groups in total. The fourth-order valence-electron chi connectivity index (χ4n) is 3.26. The van der Waals surface area contributed by atoms with Crippen molar-refractivity contribution in [2.24, 2.45) is 0 Å². The number of nitrogens with one attached hydrogen (secondary N) is 1. The third-order valence-corrected chi connectivity index (χ3v) is 5.56. The van der Waals surface area contributed by atoms with Gasteiger partial charge in [-0.25, -0.2) is 0 Å². The standard InChI is InChI=1S/C27H19Cl2NO3/c28-21-13-14-25(23(16-21)26(31)18-7-2-1-3-8-18)30-27(32)19-10-6-11-22(15-19)33-17-20-9-4-5-12-24(20)29/h1-16H,17H2,(H,30,32). The SMILES string of the molecule is O=C(Nc1ccc(Cl)cc1C(=O)c1ccccc1)c1cccc(OCc2ccccc2Cl)c1. The van der Waals surface area contributed by atoms with E-state index in [1.807, 2.05) is 24.3 Å². The number of carbonyl (C=O) groups is 2. The van der Waals surface area contributed by atoms with Gasteiger partial charge in [-0.1, -0.05) is 77.8 Å². The number of carbonyl (C=O) groups excluding carboxylic acids is 2. The summed E-state index contributed by atoms with van der Waals surface area (Å²) in [4.78, 5) is 26.0. The maximum Gasteiger partial charge on any atom is 0.255 e. The summed E-state index contributed by atoms with van der Waals surface area (Å²) in [5.41, 5.74) is 2.43. The minimum atomic E-state index is -0.373. The van der Waals surface area contributed by atoms with Crippen LogP contribution in [0.1, 0.15) is 31.8 Å². The Morgan fingerprint density at radius 2 is 1.48 bits per heavy atom. The van der Waals surface area contributed by atoms with Gasteiger partial charge in [0.2, 0.25) is 0 Å². The van der Waals surface area contributed by atoms with Crippen LogP contribution in [0.3, 0.4) is 0 Å². The van der Waals surface area contributed by atoms with E-state index in [9.17, 15) is 9.59 Å². The molecule has 0 saturated heterocycles. The Kier molecular flexibility index (Phi) is 7.08. The van der Waals surface area contributed by atoms with E-state index in [2.05, 4.69) is 5.32 Å². The molecule has 0 heterocycles. The van der Waals surface area contributed by atoms with Crippen LogP contribution in [0.4, 0.5) is 5.69 Å². The highest BCUT2D eigenvalue weighted by atomic mass is 35.5. The molecule has 164 valence electrons. The minimum absolute atomic E-state index is 0.231. The lowest BCUT2D eigenvalue weighted by molar-refractivity contribution is 0.102. The summed E-state index contributed by atoms with van der Waals surface area (Å²) in [6.45, 7) is 0.275. The van der Waals surface area contributed by atoms with E-state index in [1.165, 1.54) is 0 Å². The lowest BCUT2D eigenvalue weighted by atomic mass is 10.0. The molecule has 6 heteroatoms. The number of ketones is 1. The lowest BCUT2D eigenvalue weighted by Crippen LogP contribution is -2.15. The van der Waals surface area contributed by atoms with Crippen LogP contribution in [0, 0.1) is 0 Å². The summed E-state index contributed by atoms with van der Waals surface area (Å²) < 4.78 is 5.81. The Morgan fingerprint density at radius 1 is 0.758 bits per heavy atom. The Hall–Kier alpha value is -3.60. The fourth-order valence-corrected chi connectivity index (χ4v) is 3.62. The summed E-state index contributed by atoms with van der Waals surface area (Å²) >= 11 is 12.3. The number of rotatable bonds is 7. The molecular weight excluding hydrogens is 457 g/mol. The summed E-state index contributed by atoms with van der Waals surface area (Å²) in [6.07, 6.45) is 0. The van der Waals surface area contributed by atoms with Gasteiger partial charge >= 0.3 is 0 Å². The molecule has 0 aliphatic rings. The van der Waals surface area contributed by atoms with Crippen molar-refractivity contribution in [3.05, 3.63) is 129 Å². The number of anilines is 1. The molecule has 0 bridgehead atoms. The second-order valence-electron chi connectivity index (χ2n) is 7.25. The molecule has 0 fully saturated rings. The fraction of sp³-hybridized carbons (Fsp3) is 0.0370. The van der Waals surface area contributed by atoms with Crippen LogP contribution in [-0.4, -0.2) is 11.7 Å². The van der Waals surface area contributed by atoms with Gasteiger partial charge in [-0.2, -0.15) is 0 Å². The smallest absolute Gasteiger partial charge is 0.255 e. The van der Waals surface area contributed by atoms with Crippen LogP contribution < -0.4 is 10.1 Å². The van der Waals surface area contributed by atoms with Crippen LogP contribution in [0.5, 0.6) is 5.75 Å². The van der Waals surface area contributed by atoms with Gasteiger partial charge in [-0.3, -0.25) is 9.59 Å². The molecule has 0 radical (unpaired) electrons. The second-order valence-corrected chi connectivity index (χ2v) is 8.09. The lowest BCUT2D eigenvalue weighted by Gasteiger charge is -2.12. The summed E-state index contributed by atoms with van der Waals surface area (Å²) in [7, 11) is 0. The van der Waals surface area contributed by atoms with E-state index < -0.39 is 0 Å².